The normalized spacial score (nSPS) is 21.8. The van der Waals surface area contributed by atoms with Crippen LogP contribution in [-0.2, 0) is 15.9 Å². The van der Waals surface area contributed by atoms with Gasteiger partial charge < -0.3 is 14.4 Å². The summed E-state index contributed by atoms with van der Waals surface area (Å²) in [6, 6.07) is 5.90. The fourth-order valence-corrected chi connectivity index (χ4v) is 3.44. The molecule has 0 saturated carbocycles. The second-order valence-corrected chi connectivity index (χ2v) is 6.78. The first-order valence-corrected chi connectivity index (χ1v) is 8.84. The van der Waals surface area contributed by atoms with Gasteiger partial charge in [0.05, 0.1) is 6.61 Å². The second kappa shape index (κ2) is 7.57. The Morgan fingerprint density at radius 1 is 1.36 bits per heavy atom. The molecule has 1 aromatic carbocycles. The average molecular weight is 368 g/mol. The molecule has 0 bridgehead atoms. The lowest BCUT2D eigenvalue weighted by molar-refractivity contribution is -0.162. The van der Waals surface area contributed by atoms with E-state index in [0.29, 0.717) is 6.61 Å². The zero-order valence-electron chi connectivity index (χ0n) is 12.7. The Kier molecular flexibility index (Phi) is 5.50. The molecular formula is C17H22BrNO3. The van der Waals surface area contributed by atoms with Gasteiger partial charge in [-0.2, -0.15) is 0 Å². The first-order chi connectivity index (χ1) is 10.7. The molecule has 2 aliphatic heterocycles. The fraction of sp³-hybridized carbons (Fsp3) is 0.588. The van der Waals surface area contributed by atoms with Crippen LogP contribution in [0.4, 0.5) is 0 Å². The monoisotopic (exact) mass is 367 g/mol. The molecule has 120 valence electrons. The van der Waals surface area contributed by atoms with Crippen molar-refractivity contribution in [2.45, 2.75) is 38.4 Å². The summed E-state index contributed by atoms with van der Waals surface area (Å²) in [6.07, 6.45) is 5.05. The highest BCUT2D eigenvalue weighted by Crippen LogP contribution is 2.23. The largest absolute Gasteiger partial charge is 0.353 e. The van der Waals surface area contributed by atoms with Gasteiger partial charge in [-0.15, -0.1) is 0 Å². The minimum Gasteiger partial charge on any atom is -0.353 e. The molecule has 1 aromatic rings. The maximum absolute atomic E-state index is 12.5. The Morgan fingerprint density at radius 2 is 2.27 bits per heavy atom. The van der Waals surface area contributed by atoms with Crippen molar-refractivity contribution >= 4 is 21.8 Å². The molecule has 2 aliphatic rings. The Balaban J connectivity index is 1.45. The third-order valence-electron chi connectivity index (χ3n) is 4.25. The molecule has 2 heterocycles. The molecule has 22 heavy (non-hydrogen) atoms. The molecular weight excluding hydrogens is 346 g/mol. The summed E-state index contributed by atoms with van der Waals surface area (Å²) in [5, 5.41) is 0. The van der Waals surface area contributed by atoms with E-state index in [4.69, 9.17) is 9.47 Å². The van der Waals surface area contributed by atoms with Gasteiger partial charge in [0.2, 0.25) is 0 Å². The summed E-state index contributed by atoms with van der Waals surface area (Å²) < 4.78 is 12.3. The first-order valence-electron chi connectivity index (χ1n) is 8.05. The number of carbonyl (C=O) groups excluding carboxylic acids is 1. The van der Waals surface area contributed by atoms with Crippen molar-refractivity contribution in [3.8, 4) is 0 Å². The van der Waals surface area contributed by atoms with Gasteiger partial charge in [0.1, 0.15) is 0 Å². The van der Waals surface area contributed by atoms with E-state index >= 15 is 0 Å². The predicted molar refractivity (Wildman–Crippen MR) is 87.9 cm³/mol. The van der Waals surface area contributed by atoms with Crippen LogP contribution in [0.15, 0.2) is 22.7 Å². The van der Waals surface area contributed by atoms with Crippen LogP contribution in [0.2, 0.25) is 0 Å². The summed E-state index contributed by atoms with van der Waals surface area (Å²) >= 11 is 3.46. The van der Waals surface area contributed by atoms with E-state index in [-0.39, 0.29) is 12.2 Å². The van der Waals surface area contributed by atoms with Crippen LogP contribution in [0.25, 0.3) is 0 Å². The molecule has 1 amide bonds. The Morgan fingerprint density at radius 3 is 3.09 bits per heavy atom. The van der Waals surface area contributed by atoms with Crippen LogP contribution in [0.1, 0.15) is 41.6 Å². The van der Waals surface area contributed by atoms with Gasteiger partial charge in [-0.1, -0.05) is 15.9 Å². The Hall–Kier alpha value is -0.910. The highest BCUT2D eigenvalue weighted by Gasteiger charge is 2.24. The topological polar surface area (TPSA) is 38.8 Å². The number of carbonyl (C=O) groups is 1. The molecule has 0 radical (unpaired) electrons. The van der Waals surface area contributed by atoms with E-state index in [0.717, 1.165) is 61.0 Å². The maximum Gasteiger partial charge on any atom is 0.254 e. The van der Waals surface area contributed by atoms with E-state index in [1.165, 1.54) is 6.42 Å². The lowest BCUT2D eigenvalue weighted by Gasteiger charge is -2.29. The molecule has 3 rings (SSSR count). The van der Waals surface area contributed by atoms with Crippen molar-refractivity contribution in [3.63, 3.8) is 0 Å². The summed E-state index contributed by atoms with van der Waals surface area (Å²) in [5.74, 6) is 0.141. The van der Waals surface area contributed by atoms with E-state index in [9.17, 15) is 4.79 Å². The van der Waals surface area contributed by atoms with Gasteiger partial charge in [-0.25, -0.2) is 0 Å². The predicted octanol–water partition coefficient (Wildman–Crippen LogP) is 3.38. The fourth-order valence-electron chi connectivity index (χ4n) is 3.03. The van der Waals surface area contributed by atoms with Crippen molar-refractivity contribution in [1.82, 2.24) is 4.90 Å². The van der Waals surface area contributed by atoms with E-state index < -0.39 is 0 Å². The molecule has 1 fully saturated rings. The smallest absolute Gasteiger partial charge is 0.254 e. The summed E-state index contributed by atoms with van der Waals surface area (Å²) in [6.45, 7) is 3.01. The van der Waals surface area contributed by atoms with Crippen molar-refractivity contribution in [2.24, 2.45) is 0 Å². The summed E-state index contributed by atoms with van der Waals surface area (Å²) in [5.41, 5.74) is 1.98. The van der Waals surface area contributed by atoms with Gasteiger partial charge in [0.15, 0.2) is 6.29 Å². The number of hydrogen-bond donors (Lipinski definition) is 0. The van der Waals surface area contributed by atoms with Crippen LogP contribution in [-0.4, -0.2) is 43.4 Å². The molecule has 5 heteroatoms. The molecule has 0 spiro atoms. The van der Waals surface area contributed by atoms with Crippen LogP contribution < -0.4 is 0 Å². The summed E-state index contributed by atoms with van der Waals surface area (Å²) in [7, 11) is 0. The Labute approximate surface area is 139 Å². The molecule has 0 aromatic heterocycles. The van der Waals surface area contributed by atoms with Crippen molar-refractivity contribution in [2.75, 3.05) is 26.3 Å². The molecule has 1 unspecified atom stereocenters. The number of benzene rings is 1. The highest BCUT2D eigenvalue weighted by molar-refractivity contribution is 9.10. The van der Waals surface area contributed by atoms with Gasteiger partial charge in [-0.05, 0) is 55.9 Å². The zero-order chi connectivity index (χ0) is 15.4. The number of amides is 1. The number of rotatable bonds is 5. The molecule has 1 saturated heterocycles. The first kappa shape index (κ1) is 16.0. The van der Waals surface area contributed by atoms with Crippen molar-refractivity contribution in [3.05, 3.63) is 33.8 Å². The van der Waals surface area contributed by atoms with Crippen LogP contribution >= 0.6 is 15.9 Å². The molecule has 0 aliphatic carbocycles. The van der Waals surface area contributed by atoms with E-state index in [1.54, 1.807) is 0 Å². The standard InChI is InChI=1S/C17H22BrNO3/c18-14-5-6-15-13(12-14)7-9-19(17(15)20)8-3-11-22-16-4-1-2-10-21-16/h5-6,12,16H,1-4,7-11H2. The van der Waals surface area contributed by atoms with Crippen molar-refractivity contribution in [1.29, 1.82) is 0 Å². The number of hydrogen-bond acceptors (Lipinski definition) is 3. The maximum atomic E-state index is 12.5. The quantitative estimate of drug-likeness (QED) is 0.748. The molecule has 1 atom stereocenters. The molecule has 0 N–H and O–H groups in total. The van der Waals surface area contributed by atoms with Gasteiger partial charge in [0.25, 0.3) is 5.91 Å². The average Bonchev–Trinajstić information content (AvgIpc) is 2.54. The van der Waals surface area contributed by atoms with Gasteiger partial charge in [-0.3, -0.25) is 4.79 Å². The highest BCUT2D eigenvalue weighted by atomic mass is 79.9. The lowest BCUT2D eigenvalue weighted by atomic mass is 9.99. The van der Waals surface area contributed by atoms with Gasteiger partial charge >= 0.3 is 0 Å². The minimum atomic E-state index is -0.0381. The zero-order valence-corrected chi connectivity index (χ0v) is 14.3. The SMILES string of the molecule is O=C1c2ccc(Br)cc2CCN1CCCOC1CCCCO1. The molecule has 4 nitrogen and oxygen atoms in total. The lowest BCUT2D eigenvalue weighted by Crippen LogP contribution is -2.38. The minimum absolute atomic E-state index is 0.0381. The third-order valence-corrected chi connectivity index (χ3v) is 4.74. The number of fused-ring (bicyclic) bond motifs is 1. The van der Waals surface area contributed by atoms with Crippen molar-refractivity contribution < 1.29 is 14.3 Å². The van der Waals surface area contributed by atoms with Crippen LogP contribution in [0.5, 0.6) is 0 Å². The second-order valence-electron chi connectivity index (χ2n) is 5.86. The van der Waals surface area contributed by atoms with E-state index in [2.05, 4.69) is 15.9 Å². The van der Waals surface area contributed by atoms with Gasteiger partial charge in [0, 0.05) is 29.7 Å². The number of nitrogens with zero attached hydrogens (tertiary/aromatic N) is 1. The van der Waals surface area contributed by atoms with Crippen LogP contribution in [0, 0.1) is 0 Å². The third kappa shape index (κ3) is 3.89. The summed E-state index contributed by atoms with van der Waals surface area (Å²) in [4.78, 5) is 14.4. The number of halogens is 1. The van der Waals surface area contributed by atoms with E-state index in [1.807, 2.05) is 23.1 Å². The Bertz CT molecular complexity index is 529. The van der Waals surface area contributed by atoms with Crippen LogP contribution in [0.3, 0.4) is 0 Å². The number of ether oxygens (including phenoxy) is 2.